The second-order valence-electron chi connectivity index (χ2n) is 5.92. The number of nitrogens with one attached hydrogen (secondary N) is 1. The summed E-state index contributed by atoms with van der Waals surface area (Å²) in [5.41, 5.74) is 0. The van der Waals surface area contributed by atoms with E-state index in [1.807, 2.05) is 0 Å². The number of hydrogen-bond donors (Lipinski definition) is 2. The number of carboxylic acids is 1. The van der Waals surface area contributed by atoms with Crippen LogP contribution in [0, 0.1) is 0 Å². The predicted octanol–water partition coefficient (Wildman–Crippen LogP) is 1.74. The maximum Gasteiger partial charge on any atom is 0.345 e. The van der Waals surface area contributed by atoms with Crippen molar-refractivity contribution in [2.75, 3.05) is 13.1 Å². The maximum absolute atomic E-state index is 12.2. The highest BCUT2D eigenvalue weighted by Gasteiger charge is 2.35. The first-order chi connectivity index (χ1) is 10.5. The van der Waals surface area contributed by atoms with Crippen LogP contribution in [0.15, 0.2) is 16.3 Å². The molecule has 0 bridgehead atoms. The van der Waals surface area contributed by atoms with Crippen molar-refractivity contribution >= 4 is 27.3 Å². The topological polar surface area (TPSA) is 86.7 Å². The SMILES string of the molecule is O=C(O)c1cc(S(=O)(=O)NCC2CCN2C2CCCC2)cs1. The average Bonchev–Trinajstić information content (AvgIpc) is 3.08. The van der Waals surface area contributed by atoms with E-state index in [-0.39, 0.29) is 15.8 Å². The zero-order valence-corrected chi connectivity index (χ0v) is 13.8. The Balaban J connectivity index is 1.58. The molecule has 1 aromatic rings. The monoisotopic (exact) mass is 344 g/mol. The Labute approximate surface area is 134 Å². The molecule has 2 aliphatic rings. The predicted molar refractivity (Wildman–Crippen MR) is 83.8 cm³/mol. The molecule has 22 heavy (non-hydrogen) atoms. The van der Waals surface area contributed by atoms with Crippen molar-refractivity contribution in [1.82, 2.24) is 9.62 Å². The molecular formula is C14H20N2O4S2. The third-order valence-corrected chi connectivity index (χ3v) is 7.06. The van der Waals surface area contributed by atoms with Crippen molar-refractivity contribution in [2.24, 2.45) is 0 Å². The van der Waals surface area contributed by atoms with Crippen LogP contribution in [0.2, 0.25) is 0 Å². The zero-order valence-electron chi connectivity index (χ0n) is 12.2. The van der Waals surface area contributed by atoms with Gasteiger partial charge in [0.25, 0.3) is 0 Å². The van der Waals surface area contributed by atoms with Crippen LogP contribution in [0.1, 0.15) is 41.8 Å². The van der Waals surface area contributed by atoms with E-state index in [1.54, 1.807) is 0 Å². The summed E-state index contributed by atoms with van der Waals surface area (Å²) in [5, 5.41) is 10.2. The Morgan fingerprint density at radius 1 is 1.36 bits per heavy atom. The molecule has 122 valence electrons. The molecular weight excluding hydrogens is 324 g/mol. The van der Waals surface area contributed by atoms with E-state index >= 15 is 0 Å². The Morgan fingerprint density at radius 2 is 2.09 bits per heavy atom. The molecule has 0 aromatic carbocycles. The van der Waals surface area contributed by atoms with Gasteiger partial charge in [0, 0.05) is 30.6 Å². The van der Waals surface area contributed by atoms with Crippen LogP contribution in [-0.2, 0) is 10.0 Å². The molecule has 1 aromatic heterocycles. The molecule has 3 rings (SSSR count). The fourth-order valence-corrected chi connectivity index (χ4v) is 5.44. The molecule has 1 saturated carbocycles. The third-order valence-electron chi connectivity index (χ3n) is 4.59. The zero-order chi connectivity index (χ0) is 15.7. The molecule has 8 heteroatoms. The smallest absolute Gasteiger partial charge is 0.345 e. The molecule has 1 atom stereocenters. The van der Waals surface area contributed by atoms with Crippen LogP contribution in [-0.4, -0.2) is 49.6 Å². The fourth-order valence-electron chi connectivity index (χ4n) is 3.26. The van der Waals surface area contributed by atoms with E-state index in [2.05, 4.69) is 9.62 Å². The van der Waals surface area contributed by atoms with E-state index < -0.39 is 16.0 Å². The summed E-state index contributed by atoms with van der Waals surface area (Å²) in [4.78, 5) is 13.3. The number of likely N-dealkylation sites (tertiary alicyclic amines) is 1. The molecule has 0 radical (unpaired) electrons. The number of nitrogens with zero attached hydrogens (tertiary/aromatic N) is 1. The Kier molecular flexibility index (Phi) is 4.54. The minimum atomic E-state index is -3.62. The molecule has 2 fully saturated rings. The molecule has 0 spiro atoms. The molecule has 1 aliphatic carbocycles. The number of sulfonamides is 1. The minimum absolute atomic E-state index is 0.0385. The third kappa shape index (κ3) is 3.19. The van der Waals surface area contributed by atoms with Crippen molar-refractivity contribution < 1.29 is 18.3 Å². The number of rotatable bonds is 6. The van der Waals surface area contributed by atoms with Gasteiger partial charge >= 0.3 is 5.97 Å². The lowest BCUT2D eigenvalue weighted by Gasteiger charge is -2.45. The first kappa shape index (κ1) is 15.9. The van der Waals surface area contributed by atoms with E-state index in [4.69, 9.17) is 5.11 Å². The molecule has 1 saturated heterocycles. The van der Waals surface area contributed by atoms with Crippen LogP contribution in [0.4, 0.5) is 0 Å². The van der Waals surface area contributed by atoms with Gasteiger partial charge in [-0.1, -0.05) is 12.8 Å². The van der Waals surface area contributed by atoms with Crippen molar-refractivity contribution in [1.29, 1.82) is 0 Å². The Hall–Kier alpha value is -0.960. The highest BCUT2D eigenvalue weighted by molar-refractivity contribution is 7.89. The second-order valence-corrected chi connectivity index (χ2v) is 8.60. The van der Waals surface area contributed by atoms with Crippen LogP contribution in [0.25, 0.3) is 0 Å². The number of aromatic carboxylic acids is 1. The molecule has 2 N–H and O–H groups in total. The number of hydrogen-bond acceptors (Lipinski definition) is 5. The van der Waals surface area contributed by atoms with Crippen LogP contribution in [0.3, 0.4) is 0 Å². The van der Waals surface area contributed by atoms with Gasteiger partial charge in [-0.3, -0.25) is 4.90 Å². The quantitative estimate of drug-likeness (QED) is 0.821. The van der Waals surface area contributed by atoms with Gasteiger partial charge in [0.15, 0.2) is 0 Å². The van der Waals surface area contributed by atoms with Crippen LogP contribution < -0.4 is 4.72 Å². The van der Waals surface area contributed by atoms with Crippen molar-refractivity contribution in [3.8, 4) is 0 Å². The first-order valence-corrected chi connectivity index (χ1v) is 9.91. The fraction of sp³-hybridized carbons (Fsp3) is 0.643. The summed E-state index contributed by atoms with van der Waals surface area (Å²) >= 11 is 0.930. The number of carbonyl (C=O) groups is 1. The molecule has 2 heterocycles. The first-order valence-electron chi connectivity index (χ1n) is 7.54. The summed E-state index contributed by atoms with van der Waals surface area (Å²) < 4.78 is 27.1. The van der Waals surface area contributed by atoms with Gasteiger partial charge in [0.05, 0.1) is 4.90 Å². The molecule has 1 unspecified atom stereocenters. The average molecular weight is 344 g/mol. The second kappa shape index (κ2) is 6.27. The van der Waals surface area contributed by atoms with Crippen LogP contribution in [0.5, 0.6) is 0 Å². The van der Waals surface area contributed by atoms with Gasteiger partial charge in [-0.2, -0.15) is 0 Å². The van der Waals surface area contributed by atoms with Crippen molar-refractivity contribution in [3.63, 3.8) is 0 Å². The summed E-state index contributed by atoms with van der Waals surface area (Å²) in [6.45, 7) is 1.45. The largest absolute Gasteiger partial charge is 0.477 e. The number of carboxylic acid groups (broad SMARTS) is 1. The van der Waals surface area contributed by atoms with Crippen molar-refractivity contribution in [3.05, 3.63) is 16.3 Å². The normalized spacial score (nSPS) is 23.5. The van der Waals surface area contributed by atoms with Gasteiger partial charge in [-0.15, -0.1) is 11.3 Å². The molecule has 0 amide bonds. The number of thiophene rings is 1. The van der Waals surface area contributed by atoms with Crippen molar-refractivity contribution in [2.45, 2.75) is 49.1 Å². The summed E-state index contributed by atoms with van der Waals surface area (Å²) in [7, 11) is -3.62. The van der Waals surface area contributed by atoms with Gasteiger partial charge in [-0.05, 0) is 25.3 Å². The van der Waals surface area contributed by atoms with E-state index in [1.165, 1.54) is 37.1 Å². The molecule has 1 aliphatic heterocycles. The van der Waals surface area contributed by atoms with E-state index in [0.29, 0.717) is 12.6 Å². The Morgan fingerprint density at radius 3 is 2.64 bits per heavy atom. The molecule has 6 nitrogen and oxygen atoms in total. The highest BCUT2D eigenvalue weighted by atomic mass is 32.2. The lowest BCUT2D eigenvalue weighted by atomic mass is 9.99. The Bertz CT molecular complexity index is 650. The van der Waals surface area contributed by atoms with Crippen LogP contribution >= 0.6 is 11.3 Å². The van der Waals surface area contributed by atoms with E-state index in [0.717, 1.165) is 24.3 Å². The van der Waals surface area contributed by atoms with Gasteiger partial charge in [0.1, 0.15) is 4.88 Å². The minimum Gasteiger partial charge on any atom is -0.477 e. The van der Waals surface area contributed by atoms with Gasteiger partial charge < -0.3 is 5.11 Å². The standard InChI is InChI=1S/C14H20N2O4S2/c17-14(18)13-7-12(9-21-13)22(19,20)15-8-11-5-6-16(11)10-3-1-2-4-10/h7,9-11,15H,1-6,8H2,(H,17,18). The van der Waals surface area contributed by atoms with E-state index in [9.17, 15) is 13.2 Å². The lowest BCUT2D eigenvalue weighted by Crippen LogP contribution is -2.56. The lowest BCUT2D eigenvalue weighted by molar-refractivity contribution is 0.0470. The van der Waals surface area contributed by atoms with Gasteiger partial charge in [0.2, 0.25) is 10.0 Å². The highest BCUT2D eigenvalue weighted by Crippen LogP contribution is 2.30. The summed E-state index contributed by atoms with van der Waals surface area (Å²) in [5.74, 6) is -1.10. The summed E-state index contributed by atoms with van der Waals surface area (Å²) in [6, 6.07) is 2.10. The maximum atomic E-state index is 12.2. The summed E-state index contributed by atoms with van der Waals surface area (Å²) in [6.07, 6.45) is 5.99. The van der Waals surface area contributed by atoms with Gasteiger partial charge in [-0.25, -0.2) is 17.9 Å².